The van der Waals surface area contributed by atoms with Crippen LogP contribution in [0.2, 0.25) is 0 Å². The van der Waals surface area contributed by atoms with Crippen LogP contribution in [0.3, 0.4) is 0 Å². The van der Waals surface area contributed by atoms with Crippen molar-refractivity contribution >= 4 is 5.70 Å². The molecule has 2 unspecified atom stereocenters. The molecule has 5 N–H and O–H groups in total. The van der Waals surface area contributed by atoms with Gasteiger partial charge < -0.3 is 15.7 Å². The molecule has 0 bridgehead atoms. The number of hydrazine groups is 1. The first kappa shape index (κ1) is 24.8. The van der Waals surface area contributed by atoms with Gasteiger partial charge in [0.1, 0.15) is 5.69 Å². The minimum atomic E-state index is -4.70. The van der Waals surface area contributed by atoms with Gasteiger partial charge in [-0.05, 0) is 53.5 Å². The Morgan fingerprint density at radius 1 is 1.17 bits per heavy atom. The van der Waals surface area contributed by atoms with Gasteiger partial charge in [-0.1, -0.05) is 39.0 Å². The number of rotatable bonds is 7. The summed E-state index contributed by atoms with van der Waals surface area (Å²) in [5.41, 5.74) is 11.2. The molecule has 6 nitrogen and oxygen atoms in total. The molecule has 0 amide bonds. The Hall–Kier alpha value is -3.33. The van der Waals surface area contributed by atoms with E-state index in [1.165, 1.54) is 35.0 Å². The van der Waals surface area contributed by atoms with E-state index in [2.05, 4.69) is 48.9 Å². The maximum atomic E-state index is 13.2. The Balaban J connectivity index is 1.62. The summed E-state index contributed by atoms with van der Waals surface area (Å²) in [5, 5.41) is 0. The summed E-state index contributed by atoms with van der Waals surface area (Å²) in [6, 6.07) is 9.55. The van der Waals surface area contributed by atoms with Crippen LogP contribution in [0.1, 0.15) is 73.6 Å². The first-order valence-electron chi connectivity index (χ1n) is 11.8. The van der Waals surface area contributed by atoms with Crippen molar-refractivity contribution in [1.29, 1.82) is 0 Å². The lowest BCUT2D eigenvalue weighted by Crippen LogP contribution is -2.34. The lowest BCUT2D eigenvalue weighted by molar-refractivity contribution is -0.0961. The molecule has 1 aliphatic carbocycles. The number of alkyl halides is 3. The normalized spacial score (nSPS) is 18.5. The maximum Gasteiger partial charge on any atom is 0.434 e. The summed E-state index contributed by atoms with van der Waals surface area (Å²) in [7, 11) is 0. The summed E-state index contributed by atoms with van der Waals surface area (Å²) in [6.45, 7) is 7.46. The van der Waals surface area contributed by atoms with E-state index in [0.29, 0.717) is 29.1 Å². The topological polar surface area (TPSA) is 94.8 Å². The second kappa shape index (κ2) is 9.73. The van der Waals surface area contributed by atoms with Gasteiger partial charge in [-0.3, -0.25) is 10.8 Å². The van der Waals surface area contributed by atoms with Gasteiger partial charge in [0.15, 0.2) is 5.70 Å². The number of nitrogens with zero attached hydrogens (tertiary/aromatic N) is 3. The molecular formula is C26H31F3N6. The van der Waals surface area contributed by atoms with E-state index in [4.69, 9.17) is 11.6 Å². The van der Waals surface area contributed by atoms with Gasteiger partial charge in [0.2, 0.25) is 0 Å². The number of hydrogen-bond acceptors (Lipinski definition) is 5. The molecule has 3 aromatic rings. The summed E-state index contributed by atoms with van der Waals surface area (Å²) in [5.74, 6) is 6.43. The van der Waals surface area contributed by atoms with Crippen LogP contribution in [0.25, 0.3) is 17.1 Å². The average Bonchev–Trinajstić information content (AvgIpc) is 3.43. The third kappa shape index (κ3) is 4.91. The molecule has 0 spiro atoms. The number of nitrogens with one attached hydrogen (secondary N) is 1. The zero-order valence-electron chi connectivity index (χ0n) is 20.1. The maximum absolute atomic E-state index is 13.2. The highest BCUT2D eigenvalue weighted by atomic mass is 19.4. The smallest absolute Gasteiger partial charge is 0.397 e. The van der Waals surface area contributed by atoms with Crippen molar-refractivity contribution in [3.05, 3.63) is 77.0 Å². The number of allylic oxidation sites excluding steroid dienone is 1. The van der Waals surface area contributed by atoms with Crippen LogP contribution < -0.4 is 17.0 Å². The third-order valence-corrected chi connectivity index (χ3v) is 6.80. The number of pyridine rings is 1. The molecule has 0 radical (unpaired) electrons. The van der Waals surface area contributed by atoms with E-state index in [1.807, 2.05) is 10.8 Å². The van der Waals surface area contributed by atoms with Crippen LogP contribution in [-0.2, 0) is 6.54 Å². The Kier molecular flexibility index (Phi) is 6.89. The molecule has 2 heterocycles. The Labute approximate surface area is 203 Å². The predicted octanol–water partition coefficient (Wildman–Crippen LogP) is 5.40. The highest BCUT2D eigenvalue weighted by Crippen LogP contribution is 2.47. The van der Waals surface area contributed by atoms with Crippen LogP contribution in [0.5, 0.6) is 0 Å². The number of aromatic nitrogens is 3. The SMILES string of the molecule is CCC1CC(Cn2cnc(-c3cc(/C(N)=C(/NN)C(F)(F)F)ccn3)c2)c2c(C(C)C)cccc21. The monoisotopic (exact) mass is 484 g/mol. The van der Waals surface area contributed by atoms with Crippen molar-refractivity contribution < 1.29 is 13.2 Å². The van der Waals surface area contributed by atoms with Crippen molar-refractivity contribution in [2.75, 3.05) is 0 Å². The van der Waals surface area contributed by atoms with E-state index < -0.39 is 17.6 Å². The second-order valence-corrected chi connectivity index (χ2v) is 9.36. The lowest BCUT2D eigenvalue weighted by atomic mass is 9.89. The quantitative estimate of drug-likeness (QED) is 0.308. The predicted molar refractivity (Wildman–Crippen MR) is 131 cm³/mol. The molecular weight excluding hydrogens is 453 g/mol. The molecule has 35 heavy (non-hydrogen) atoms. The first-order chi connectivity index (χ1) is 16.6. The summed E-state index contributed by atoms with van der Waals surface area (Å²) >= 11 is 0. The van der Waals surface area contributed by atoms with E-state index in [-0.39, 0.29) is 5.56 Å². The average molecular weight is 485 g/mol. The highest BCUT2D eigenvalue weighted by molar-refractivity contribution is 5.69. The van der Waals surface area contributed by atoms with E-state index in [0.717, 1.165) is 19.4 Å². The fraction of sp³-hybridized carbons (Fsp3) is 0.385. The van der Waals surface area contributed by atoms with Crippen molar-refractivity contribution in [3.63, 3.8) is 0 Å². The van der Waals surface area contributed by atoms with Crippen molar-refractivity contribution in [2.24, 2.45) is 11.6 Å². The van der Waals surface area contributed by atoms with Gasteiger partial charge in [0, 0.05) is 30.4 Å². The molecule has 0 saturated heterocycles. The van der Waals surface area contributed by atoms with Crippen LogP contribution in [0.15, 0.2) is 54.7 Å². The molecule has 2 atom stereocenters. The van der Waals surface area contributed by atoms with Crippen molar-refractivity contribution in [2.45, 2.75) is 64.1 Å². The Morgan fingerprint density at radius 3 is 2.60 bits per heavy atom. The minimum absolute atomic E-state index is 0.159. The van der Waals surface area contributed by atoms with Gasteiger partial charge in [0.25, 0.3) is 0 Å². The van der Waals surface area contributed by atoms with E-state index >= 15 is 0 Å². The number of benzene rings is 1. The molecule has 0 saturated carbocycles. The fourth-order valence-electron chi connectivity index (χ4n) is 5.11. The summed E-state index contributed by atoms with van der Waals surface area (Å²) < 4.78 is 41.6. The summed E-state index contributed by atoms with van der Waals surface area (Å²) in [4.78, 5) is 8.77. The van der Waals surface area contributed by atoms with Gasteiger partial charge >= 0.3 is 6.18 Å². The van der Waals surface area contributed by atoms with Crippen LogP contribution in [-0.4, -0.2) is 20.7 Å². The standard InChI is InChI=1S/C26H31F3N6/c1-4-16-10-18(23-19(15(2)3)6-5-7-20(16)23)12-35-13-22(33-14-35)21-11-17(8-9-32-21)24(30)25(34-31)26(27,28)29/h5-9,11,13-16,18,34H,4,10,12,30-31H2,1-3H3/b25-24-. The lowest BCUT2D eigenvalue weighted by Gasteiger charge is -2.18. The molecule has 0 aliphatic heterocycles. The van der Waals surface area contributed by atoms with Crippen LogP contribution in [0.4, 0.5) is 13.2 Å². The zero-order chi connectivity index (χ0) is 25.3. The van der Waals surface area contributed by atoms with Gasteiger partial charge in [0.05, 0.1) is 17.7 Å². The van der Waals surface area contributed by atoms with Gasteiger partial charge in [-0.2, -0.15) is 13.2 Å². The molecule has 1 aromatic carbocycles. The van der Waals surface area contributed by atoms with Gasteiger partial charge in [-0.25, -0.2) is 4.98 Å². The zero-order valence-corrected chi connectivity index (χ0v) is 20.1. The number of fused-ring (bicyclic) bond motifs is 1. The number of nitrogens with two attached hydrogens (primary N) is 2. The van der Waals surface area contributed by atoms with Crippen molar-refractivity contribution in [1.82, 2.24) is 20.0 Å². The van der Waals surface area contributed by atoms with E-state index in [9.17, 15) is 13.2 Å². The molecule has 186 valence electrons. The van der Waals surface area contributed by atoms with Crippen molar-refractivity contribution in [3.8, 4) is 11.4 Å². The van der Waals surface area contributed by atoms with E-state index in [1.54, 1.807) is 11.8 Å². The number of hydrogen-bond donors (Lipinski definition) is 3. The first-order valence-corrected chi connectivity index (χ1v) is 11.8. The van der Waals surface area contributed by atoms with Crippen LogP contribution >= 0.6 is 0 Å². The van der Waals surface area contributed by atoms with Crippen LogP contribution in [0, 0.1) is 0 Å². The molecule has 1 aliphatic rings. The Bertz CT molecular complexity index is 1230. The number of imidazole rings is 1. The summed E-state index contributed by atoms with van der Waals surface area (Å²) in [6.07, 6.45) is 2.53. The molecule has 4 rings (SSSR count). The largest absolute Gasteiger partial charge is 0.434 e. The number of halogens is 3. The Morgan fingerprint density at radius 2 is 1.94 bits per heavy atom. The molecule has 0 fully saturated rings. The third-order valence-electron chi connectivity index (χ3n) is 6.80. The molecule has 9 heteroatoms. The van der Waals surface area contributed by atoms with Gasteiger partial charge in [-0.15, -0.1) is 0 Å². The fourth-order valence-corrected chi connectivity index (χ4v) is 5.11. The minimum Gasteiger partial charge on any atom is -0.397 e. The highest BCUT2D eigenvalue weighted by Gasteiger charge is 2.36. The molecule has 2 aromatic heterocycles. The second-order valence-electron chi connectivity index (χ2n) is 9.36.